The number of urea groups is 1. The van der Waals surface area contributed by atoms with Crippen molar-refractivity contribution in [1.29, 1.82) is 0 Å². The Balaban J connectivity index is 2.07. The van der Waals surface area contributed by atoms with Gasteiger partial charge in [0.15, 0.2) is 0 Å². The fraction of sp³-hybridized carbons (Fsp3) is 0.571. The number of amides is 4. The molecule has 2 unspecified atom stereocenters. The van der Waals surface area contributed by atoms with Crippen LogP contribution in [0.15, 0.2) is 30.3 Å². The predicted octanol–water partition coefficient (Wildman–Crippen LogP) is 3.32. The molecule has 0 saturated carbocycles. The Bertz CT molecular complexity index is 662. The molecule has 1 heterocycles. The van der Waals surface area contributed by atoms with Crippen molar-refractivity contribution in [3.8, 4) is 0 Å². The first kappa shape index (κ1) is 20.9. The SMILES string of the molecule is CCCCCC(C)NC(=O)CN1C(=O)NC(CCC)(c2ccccc2)C1=O. The molecular weight excluding hydrogens is 342 g/mol. The summed E-state index contributed by atoms with van der Waals surface area (Å²) in [6, 6.07) is 8.76. The van der Waals surface area contributed by atoms with Gasteiger partial charge in [0.25, 0.3) is 5.91 Å². The molecule has 2 rings (SSSR count). The Kier molecular flexibility index (Phi) is 7.39. The average molecular weight is 373 g/mol. The van der Waals surface area contributed by atoms with E-state index in [4.69, 9.17) is 0 Å². The summed E-state index contributed by atoms with van der Waals surface area (Å²) in [6.45, 7) is 5.81. The van der Waals surface area contributed by atoms with Crippen LogP contribution in [0.1, 0.15) is 64.9 Å². The van der Waals surface area contributed by atoms with E-state index in [1.165, 1.54) is 0 Å². The first-order chi connectivity index (χ1) is 12.9. The molecule has 1 aliphatic rings. The van der Waals surface area contributed by atoms with Crippen LogP contribution in [-0.4, -0.2) is 35.3 Å². The number of nitrogens with one attached hydrogen (secondary N) is 2. The van der Waals surface area contributed by atoms with Gasteiger partial charge in [-0.2, -0.15) is 0 Å². The quantitative estimate of drug-likeness (QED) is 0.488. The first-order valence-electron chi connectivity index (χ1n) is 9.93. The molecule has 6 nitrogen and oxygen atoms in total. The number of carbonyl (C=O) groups excluding carboxylic acids is 3. The van der Waals surface area contributed by atoms with E-state index in [1.807, 2.05) is 44.2 Å². The van der Waals surface area contributed by atoms with Gasteiger partial charge in [-0.15, -0.1) is 0 Å². The zero-order valence-electron chi connectivity index (χ0n) is 16.6. The highest BCUT2D eigenvalue weighted by atomic mass is 16.2. The van der Waals surface area contributed by atoms with Gasteiger partial charge in [-0.25, -0.2) is 4.79 Å². The van der Waals surface area contributed by atoms with Crippen LogP contribution < -0.4 is 10.6 Å². The molecule has 1 aromatic carbocycles. The molecule has 4 amide bonds. The van der Waals surface area contributed by atoms with Crippen LogP contribution in [-0.2, 0) is 15.1 Å². The van der Waals surface area contributed by atoms with Crippen molar-refractivity contribution < 1.29 is 14.4 Å². The van der Waals surface area contributed by atoms with E-state index in [0.29, 0.717) is 6.42 Å². The van der Waals surface area contributed by atoms with Crippen LogP contribution in [0.5, 0.6) is 0 Å². The third kappa shape index (κ3) is 4.87. The van der Waals surface area contributed by atoms with E-state index in [9.17, 15) is 14.4 Å². The van der Waals surface area contributed by atoms with Crippen LogP contribution in [0.2, 0.25) is 0 Å². The van der Waals surface area contributed by atoms with E-state index < -0.39 is 11.6 Å². The molecule has 6 heteroatoms. The van der Waals surface area contributed by atoms with Gasteiger partial charge in [-0.3, -0.25) is 14.5 Å². The van der Waals surface area contributed by atoms with Gasteiger partial charge < -0.3 is 10.6 Å². The minimum Gasteiger partial charge on any atom is -0.352 e. The number of carbonyl (C=O) groups is 3. The van der Waals surface area contributed by atoms with Gasteiger partial charge >= 0.3 is 6.03 Å². The van der Waals surface area contributed by atoms with Gasteiger partial charge in [0, 0.05) is 6.04 Å². The molecule has 148 valence electrons. The number of rotatable bonds is 10. The minimum absolute atomic E-state index is 0.0272. The van der Waals surface area contributed by atoms with Crippen molar-refractivity contribution in [2.75, 3.05) is 6.54 Å². The maximum absolute atomic E-state index is 13.1. The summed E-state index contributed by atoms with van der Waals surface area (Å²) < 4.78 is 0. The second kappa shape index (κ2) is 9.53. The molecule has 27 heavy (non-hydrogen) atoms. The van der Waals surface area contributed by atoms with Gasteiger partial charge in [0.05, 0.1) is 0 Å². The summed E-state index contributed by atoms with van der Waals surface area (Å²) in [7, 11) is 0. The zero-order valence-corrected chi connectivity index (χ0v) is 16.6. The first-order valence-corrected chi connectivity index (χ1v) is 9.93. The van der Waals surface area contributed by atoms with Gasteiger partial charge in [-0.05, 0) is 25.3 Å². The van der Waals surface area contributed by atoms with Crippen LogP contribution in [0, 0.1) is 0 Å². The number of benzene rings is 1. The molecule has 2 N–H and O–H groups in total. The van der Waals surface area contributed by atoms with E-state index in [2.05, 4.69) is 17.6 Å². The lowest BCUT2D eigenvalue weighted by Crippen LogP contribution is -2.46. The fourth-order valence-electron chi connectivity index (χ4n) is 3.61. The van der Waals surface area contributed by atoms with E-state index in [-0.39, 0.29) is 24.4 Å². The molecule has 1 aromatic rings. The summed E-state index contributed by atoms with van der Waals surface area (Å²) in [5, 5.41) is 5.74. The predicted molar refractivity (Wildman–Crippen MR) is 105 cm³/mol. The van der Waals surface area contributed by atoms with Crippen LogP contribution in [0.4, 0.5) is 4.79 Å². The molecule has 2 atom stereocenters. The lowest BCUT2D eigenvalue weighted by Gasteiger charge is -2.27. The highest BCUT2D eigenvalue weighted by molar-refractivity contribution is 6.09. The molecule has 0 aliphatic carbocycles. The Morgan fingerprint density at radius 2 is 1.85 bits per heavy atom. The number of imide groups is 1. The molecule has 1 saturated heterocycles. The van der Waals surface area contributed by atoms with Crippen molar-refractivity contribution >= 4 is 17.8 Å². The molecule has 1 fully saturated rings. The molecule has 0 radical (unpaired) electrons. The maximum Gasteiger partial charge on any atom is 0.325 e. The molecule has 0 aromatic heterocycles. The number of hydrogen-bond donors (Lipinski definition) is 2. The Labute approximate surface area is 161 Å². The normalized spacial score (nSPS) is 20.5. The molecule has 0 bridgehead atoms. The van der Waals surface area contributed by atoms with E-state index in [0.717, 1.165) is 42.6 Å². The van der Waals surface area contributed by atoms with Gasteiger partial charge in [0.1, 0.15) is 12.1 Å². The second-order valence-electron chi connectivity index (χ2n) is 7.31. The summed E-state index contributed by atoms with van der Waals surface area (Å²) in [4.78, 5) is 39.0. The standard InChI is InChI=1S/C21H31N3O3/c1-4-6-8-11-16(3)22-18(25)15-24-19(26)21(14-5-2,23-20(24)27)17-12-9-7-10-13-17/h7,9-10,12-13,16H,4-6,8,11,14-15H2,1-3H3,(H,22,25)(H,23,27). The summed E-state index contributed by atoms with van der Waals surface area (Å²) >= 11 is 0. The smallest absolute Gasteiger partial charge is 0.325 e. The van der Waals surface area contributed by atoms with Crippen molar-refractivity contribution in [3.63, 3.8) is 0 Å². The number of hydrogen-bond acceptors (Lipinski definition) is 3. The van der Waals surface area contributed by atoms with Crippen LogP contribution in [0.3, 0.4) is 0 Å². The molecular formula is C21H31N3O3. The highest BCUT2D eigenvalue weighted by Crippen LogP contribution is 2.33. The monoisotopic (exact) mass is 373 g/mol. The minimum atomic E-state index is -1.08. The van der Waals surface area contributed by atoms with Crippen LogP contribution in [0.25, 0.3) is 0 Å². The Morgan fingerprint density at radius 3 is 2.48 bits per heavy atom. The number of nitrogens with zero attached hydrogens (tertiary/aromatic N) is 1. The third-order valence-electron chi connectivity index (χ3n) is 5.02. The topological polar surface area (TPSA) is 78.5 Å². The average Bonchev–Trinajstić information content (AvgIpc) is 2.88. The molecule has 1 aliphatic heterocycles. The Morgan fingerprint density at radius 1 is 1.15 bits per heavy atom. The maximum atomic E-state index is 13.1. The van der Waals surface area contributed by atoms with Crippen LogP contribution >= 0.6 is 0 Å². The summed E-state index contributed by atoms with van der Waals surface area (Å²) in [6.07, 6.45) is 5.42. The fourth-order valence-corrected chi connectivity index (χ4v) is 3.61. The second-order valence-corrected chi connectivity index (χ2v) is 7.31. The van der Waals surface area contributed by atoms with Crippen molar-refractivity contribution in [1.82, 2.24) is 15.5 Å². The highest BCUT2D eigenvalue weighted by Gasteiger charge is 2.52. The van der Waals surface area contributed by atoms with E-state index >= 15 is 0 Å². The zero-order chi connectivity index (χ0) is 19.9. The summed E-state index contributed by atoms with van der Waals surface area (Å²) in [5.41, 5.74) is -0.332. The van der Waals surface area contributed by atoms with Gasteiger partial charge in [-0.1, -0.05) is 69.9 Å². The largest absolute Gasteiger partial charge is 0.352 e. The third-order valence-corrected chi connectivity index (χ3v) is 5.02. The molecule has 0 spiro atoms. The van der Waals surface area contributed by atoms with Gasteiger partial charge in [0.2, 0.25) is 5.91 Å². The summed E-state index contributed by atoms with van der Waals surface area (Å²) in [5.74, 6) is -0.655. The van der Waals surface area contributed by atoms with Crippen molar-refractivity contribution in [2.24, 2.45) is 0 Å². The lowest BCUT2D eigenvalue weighted by molar-refractivity contribution is -0.135. The Hall–Kier alpha value is -2.37. The van der Waals surface area contributed by atoms with E-state index in [1.54, 1.807) is 0 Å². The number of unbranched alkanes of at least 4 members (excludes halogenated alkanes) is 2. The van der Waals surface area contributed by atoms with Crippen molar-refractivity contribution in [2.45, 2.75) is 70.9 Å². The van der Waals surface area contributed by atoms with Crippen molar-refractivity contribution in [3.05, 3.63) is 35.9 Å². The lowest BCUT2D eigenvalue weighted by atomic mass is 9.85.